The lowest BCUT2D eigenvalue weighted by Gasteiger charge is -2.18. The van der Waals surface area contributed by atoms with Crippen molar-refractivity contribution in [2.45, 2.75) is 57.4 Å². The Morgan fingerprint density at radius 3 is 2.71 bits per heavy atom. The van der Waals surface area contributed by atoms with E-state index in [9.17, 15) is 0 Å². The zero-order valence-electron chi connectivity index (χ0n) is 12.8. The van der Waals surface area contributed by atoms with E-state index < -0.39 is 0 Å². The van der Waals surface area contributed by atoms with E-state index in [1.807, 2.05) is 0 Å². The normalized spacial score (nSPS) is 25.6. The Morgan fingerprint density at radius 2 is 1.86 bits per heavy atom. The van der Waals surface area contributed by atoms with Gasteiger partial charge < -0.3 is 12.4 Å². The molecule has 0 spiro atoms. The van der Waals surface area contributed by atoms with E-state index in [-0.39, 0.29) is 12.4 Å². The predicted molar refractivity (Wildman–Crippen MR) is 83.7 cm³/mol. The zero-order valence-corrected chi connectivity index (χ0v) is 13.5. The van der Waals surface area contributed by atoms with Gasteiger partial charge in [0.1, 0.15) is 0 Å². The van der Waals surface area contributed by atoms with Crippen LogP contribution in [0, 0.1) is 5.92 Å². The van der Waals surface area contributed by atoms with E-state index in [1.54, 1.807) is 0 Å². The summed E-state index contributed by atoms with van der Waals surface area (Å²) in [6.45, 7) is 1.15. The van der Waals surface area contributed by atoms with E-state index in [0.29, 0.717) is 6.04 Å². The molecule has 1 aliphatic heterocycles. The summed E-state index contributed by atoms with van der Waals surface area (Å²) in [5, 5.41) is 3.83. The van der Waals surface area contributed by atoms with Gasteiger partial charge in [-0.25, -0.2) is 0 Å². The van der Waals surface area contributed by atoms with Crippen molar-refractivity contribution in [1.82, 2.24) is 5.32 Å². The quantitative estimate of drug-likeness (QED) is 0.740. The highest BCUT2D eigenvalue weighted by atomic mass is 35.5. The smallest absolute Gasteiger partial charge is 0.242 e. The Kier molecular flexibility index (Phi) is 6.56. The molecule has 1 aromatic rings. The summed E-state index contributed by atoms with van der Waals surface area (Å²) >= 11 is 0. The van der Waals surface area contributed by atoms with Crippen molar-refractivity contribution in [1.29, 1.82) is 0 Å². The molecule has 116 valence electrons. The number of benzene rings is 1. The van der Waals surface area contributed by atoms with Crippen molar-refractivity contribution in [3.05, 3.63) is 35.9 Å². The van der Waals surface area contributed by atoms with Crippen LogP contribution in [0.4, 0.5) is 0 Å². The third-order valence-electron chi connectivity index (χ3n) is 4.80. The van der Waals surface area contributed by atoms with Crippen molar-refractivity contribution < 1.29 is 17.4 Å². The second-order valence-electron chi connectivity index (χ2n) is 6.35. The van der Waals surface area contributed by atoms with Crippen molar-refractivity contribution in [2.75, 3.05) is 6.54 Å². The highest BCUT2D eigenvalue weighted by Gasteiger charge is 2.31. The zero-order chi connectivity index (χ0) is 13.6. The summed E-state index contributed by atoms with van der Waals surface area (Å²) in [5.74, 6) is 2.21. The predicted octanol–water partition coefficient (Wildman–Crippen LogP) is -0.955. The molecule has 0 unspecified atom stereocenters. The molecular weight excluding hydrogens is 280 g/mol. The summed E-state index contributed by atoms with van der Waals surface area (Å²) in [6, 6.07) is 11.6. The summed E-state index contributed by atoms with van der Waals surface area (Å²) in [5.41, 5.74) is 1.49. The molecule has 1 saturated carbocycles. The maximum absolute atomic E-state index is 3.83. The molecule has 1 fully saturated rings. The molecule has 3 heteroatoms. The minimum absolute atomic E-state index is 0. The molecule has 0 radical (unpaired) electrons. The van der Waals surface area contributed by atoms with Crippen LogP contribution in [0.5, 0.6) is 0 Å². The third kappa shape index (κ3) is 4.74. The van der Waals surface area contributed by atoms with Gasteiger partial charge in [-0.3, -0.25) is 10.3 Å². The lowest BCUT2D eigenvalue weighted by atomic mass is 9.94. The Labute approximate surface area is 134 Å². The van der Waals surface area contributed by atoms with Crippen molar-refractivity contribution in [3.8, 4) is 0 Å². The van der Waals surface area contributed by atoms with Crippen LogP contribution in [0.15, 0.2) is 30.3 Å². The number of halogens is 1. The molecule has 1 aliphatic carbocycles. The fourth-order valence-electron chi connectivity index (χ4n) is 3.67. The molecule has 21 heavy (non-hydrogen) atoms. The van der Waals surface area contributed by atoms with E-state index in [2.05, 4.69) is 40.6 Å². The molecule has 0 amide bonds. The minimum Gasteiger partial charge on any atom is -1.00 e. The third-order valence-corrected chi connectivity index (χ3v) is 4.80. The lowest BCUT2D eigenvalue weighted by molar-refractivity contribution is -0.460. The standard InChI is InChI=1S/C18H26N2.ClH/c1-3-8-15(9-4-1)14-16-10-7-11-17(16)20-18-12-5-2-6-13-19-18;/h1,3-4,8-9,16-17H,2,5-7,10-14H2,(H,19,20);1H/t16-,17-;/m0./s1. The number of nitrogens with one attached hydrogen (secondary N) is 2. The van der Waals surface area contributed by atoms with Crippen LogP contribution in [0.3, 0.4) is 0 Å². The van der Waals surface area contributed by atoms with Gasteiger partial charge in [0.25, 0.3) is 0 Å². The van der Waals surface area contributed by atoms with Gasteiger partial charge in [0, 0.05) is 12.3 Å². The van der Waals surface area contributed by atoms with Crippen LogP contribution in [0.25, 0.3) is 0 Å². The van der Waals surface area contributed by atoms with Gasteiger partial charge in [-0.05, 0) is 50.5 Å². The molecule has 2 nitrogen and oxygen atoms in total. The van der Waals surface area contributed by atoms with Crippen molar-refractivity contribution in [2.24, 2.45) is 5.92 Å². The molecule has 1 heterocycles. The Bertz CT molecular complexity index is 444. The molecular formula is C18H27ClN2. The monoisotopic (exact) mass is 306 g/mol. The first-order valence-corrected chi connectivity index (χ1v) is 8.32. The van der Waals surface area contributed by atoms with Crippen molar-refractivity contribution in [3.63, 3.8) is 0 Å². The van der Waals surface area contributed by atoms with E-state index in [4.69, 9.17) is 0 Å². The van der Waals surface area contributed by atoms with E-state index in [1.165, 1.54) is 62.8 Å². The molecule has 0 bridgehead atoms. The summed E-state index contributed by atoms with van der Waals surface area (Å²) in [4.78, 5) is 3.60. The number of hydrogen-bond donors (Lipinski definition) is 2. The fraction of sp³-hybridized carbons (Fsp3) is 0.611. The van der Waals surface area contributed by atoms with Crippen LogP contribution >= 0.6 is 0 Å². The van der Waals surface area contributed by atoms with Crippen LogP contribution in [-0.2, 0) is 6.42 Å². The van der Waals surface area contributed by atoms with Gasteiger partial charge in [0.2, 0.25) is 5.84 Å². The van der Waals surface area contributed by atoms with Gasteiger partial charge in [-0.1, -0.05) is 30.3 Å². The van der Waals surface area contributed by atoms with Gasteiger partial charge in [0.05, 0.1) is 12.6 Å². The molecule has 2 N–H and O–H groups in total. The van der Waals surface area contributed by atoms with Crippen molar-refractivity contribution >= 4 is 5.84 Å². The maximum Gasteiger partial charge on any atom is 0.242 e. The average molecular weight is 307 g/mol. The lowest BCUT2D eigenvalue weighted by Crippen LogP contribution is -3.00. The Hall–Kier alpha value is -1.02. The Morgan fingerprint density at radius 1 is 1.00 bits per heavy atom. The summed E-state index contributed by atoms with van der Waals surface area (Å²) in [7, 11) is 0. The van der Waals surface area contributed by atoms with Gasteiger partial charge in [-0.15, -0.1) is 0 Å². The number of amidine groups is 1. The van der Waals surface area contributed by atoms with E-state index >= 15 is 0 Å². The van der Waals surface area contributed by atoms with Gasteiger partial charge in [0.15, 0.2) is 0 Å². The summed E-state index contributed by atoms with van der Waals surface area (Å²) in [6.07, 6.45) is 10.6. The topological polar surface area (TPSA) is 26.0 Å². The molecule has 2 atom stereocenters. The molecule has 2 aliphatic rings. The first-order chi connectivity index (χ1) is 9.92. The number of hydrogen-bond acceptors (Lipinski definition) is 1. The first kappa shape index (κ1) is 16.4. The molecule has 0 saturated heterocycles. The molecule has 0 aromatic heterocycles. The second-order valence-corrected chi connectivity index (χ2v) is 6.35. The highest BCUT2D eigenvalue weighted by molar-refractivity contribution is 5.76. The molecule has 1 aromatic carbocycles. The van der Waals surface area contributed by atoms with Crippen LogP contribution in [-0.4, -0.2) is 18.4 Å². The van der Waals surface area contributed by atoms with Gasteiger partial charge in [-0.2, -0.15) is 0 Å². The van der Waals surface area contributed by atoms with Crippen LogP contribution in [0.1, 0.15) is 50.5 Å². The average Bonchev–Trinajstić information content (AvgIpc) is 2.74. The minimum atomic E-state index is 0. The number of rotatable bonds is 3. The van der Waals surface area contributed by atoms with Gasteiger partial charge >= 0.3 is 0 Å². The fourth-order valence-corrected chi connectivity index (χ4v) is 3.67. The second kappa shape index (κ2) is 8.43. The van der Waals surface area contributed by atoms with Crippen LogP contribution < -0.4 is 22.7 Å². The maximum atomic E-state index is 3.83. The first-order valence-electron chi connectivity index (χ1n) is 8.32. The van der Waals surface area contributed by atoms with Crippen LogP contribution in [0.2, 0.25) is 0 Å². The van der Waals surface area contributed by atoms with E-state index in [0.717, 1.165) is 12.5 Å². The largest absolute Gasteiger partial charge is 1.00 e. The Balaban J connectivity index is 0.00000161. The molecule has 3 rings (SSSR count). The highest BCUT2D eigenvalue weighted by Crippen LogP contribution is 2.28. The SMILES string of the molecule is [Cl-].c1ccc(C[C@@H]2CCC[C@@H]2NC2=[NH+]CCCCC2)cc1. The summed E-state index contributed by atoms with van der Waals surface area (Å²) < 4.78 is 0.